The molecule has 0 unspecified atom stereocenters. The fourth-order valence-corrected chi connectivity index (χ4v) is 2.97. The van der Waals surface area contributed by atoms with Crippen molar-refractivity contribution in [1.82, 2.24) is 9.29 Å². The van der Waals surface area contributed by atoms with E-state index in [9.17, 15) is 26.0 Å². The van der Waals surface area contributed by atoms with Crippen molar-refractivity contribution < 1.29 is 26.0 Å². The molecule has 1 aromatic rings. The van der Waals surface area contributed by atoms with Gasteiger partial charge in [0.25, 0.3) is 0 Å². The molecular weight excluding hydrogens is 312 g/mol. The van der Waals surface area contributed by atoms with Crippen molar-refractivity contribution in [2.24, 2.45) is 0 Å². The first-order valence-electron chi connectivity index (χ1n) is 4.90. The number of pyridine rings is 1. The third kappa shape index (κ3) is 4.59. The number of sulfonamides is 1. The van der Waals surface area contributed by atoms with Crippen LogP contribution in [0.1, 0.15) is 0 Å². The van der Waals surface area contributed by atoms with Gasteiger partial charge in [-0.15, -0.1) is 11.6 Å². The molecule has 1 rings (SSSR count). The van der Waals surface area contributed by atoms with Gasteiger partial charge < -0.3 is 0 Å². The van der Waals surface area contributed by atoms with E-state index in [1.807, 2.05) is 0 Å². The number of hydrogen-bond donors (Lipinski definition) is 0. The molecule has 0 radical (unpaired) electrons. The molecule has 1 heterocycles. The zero-order valence-corrected chi connectivity index (χ0v) is 10.9. The molecule has 10 heteroatoms. The van der Waals surface area contributed by atoms with E-state index < -0.39 is 40.0 Å². The van der Waals surface area contributed by atoms with Crippen LogP contribution in [0.5, 0.6) is 0 Å². The normalized spacial score (nSPS) is 12.9. The Kier molecular flexibility index (Phi) is 5.11. The Bertz CT molecular complexity index is 535. The quantitative estimate of drug-likeness (QED) is 0.616. The minimum Gasteiger partial charge on any atom is -0.260 e. The van der Waals surface area contributed by atoms with Gasteiger partial charge in [0, 0.05) is 18.6 Å². The first kappa shape index (κ1) is 16.1. The fourth-order valence-electron chi connectivity index (χ4n) is 1.26. The third-order valence-electron chi connectivity index (χ3n) is 2.01. The fraction of sp³-hybridized carbons (Fsp3) is 0.444. The van der Waals surface area contributed by atoms with Crippen LogP contribution in [0.4, 0.5) is 17.6 Å². The zero-order chi connectivity index (χ0) is 14.7. The van der Waals surface area contributed by atoms with E-state index in [1.54, 1.807) is 0 Å². The van der Waals surface area contributed by atoms with Crippen LogP contribution >= 0.6 is 11.6 Å². The summed E-state index contributed by atoms with van der Waals surface area (Å²) in [5, 5.41) is 0. The SMILES string of the molecule is O=S(=O)(c1cncc(F)c1)N(CCCl)CC(F)(F)F. The number of alkyl halides is 4. The Morgan fingerprint density at radius 3 is 2.42 bits per heavy atom. The highest BCUT2D eigenvalue weighted by Crippen LogP contribution is 2.22. The summed E-state index contributed by atoms with van der Waals surface area (Å²) in [6, 6.07) is 0.597. The zero-order valence-electron chi connectivity index (χ0n) is 9.36. The number of nitrogens with zero attached hydrogens (tertiary/aromatic N) is 2. The molecule has 0 aromatic carbocycles. The molecular formula is C9H9ClF4N2O2S. The molecule has 0 atom stereocenters. The van der Waals surface area contributed by atoms with Crippen LogP contribution in [0.3, 0.4) is 0 Å². The first-order chi connectivity index (χ1) is 8.66. The summed E-state index contributed by atoms with van der Waals surface area (Å²) < 4.78 is 73.8. The maximum Gasteiger partial charge on any atom is 0.402 e. The van der Waals surface area contributed by atoms with Crippen LogP contribution in [-0.2, 0) is 10.0 Å². The lowest BCUT2D eigenvalue weighted by molar-refractivity contribution is -0.135. The standard InChI is InChI=1S/C9H9ClF4N2O2S/c10-1-2-16(6-9(12,13)14)19(17,18)8-3-7(11)4-15-5-8/h3-5H,1-2,6H2. The van der Waals surface area contributed by atoms with Crippen molar-refractivity contribution >= 4 is 21.6 Å². The predicted octanol–water partition coefficient (Wildman–Crippen LogP) is 2.01. The number of aromatic nitrogens is 1. The van der Waals surface area contributed by atoms with Gasteiger partial charge in [-0.05, 0) is 6.07 Å². The van der Waals surface area contributed by atoms with Crippen molar-refractivity contribution in [2.45, 2.75) is 11.1 Å². The summed E-state index contributed by atoms with van der Waals surface area (Å²) in [5.74, 6) is -1.28. The van der Waals surface area contributed by atoms with E-state index in [0.717, 1.165) is 12.4 Å². The number of hydrogen-bond acceptors (Lipinski definition) is 3. The summed E-state index contributed by atoms with van der Waals surface area (Å²) in [7, 11) is -4.49. The second-order valence-corrected chi connectivity index (χ2v) is 5.80. The highest BCUT2D eigenvalue weighted by Gasteiger charge is 2.36. The van der Waals surface area contributed by atoms with Crippen molar-refractivity contribution in [3.63, 3.8) is 0 Å². The smallest absolute Gasteiger partial charge is 0.260 e. The molecule has 0 saturated carbocycles. The highest BCUT2D eigenvalue weighted by atomic mass is 35.5. The van der Waals surface area contributed by atoms with E-state index in [4.69, 9.17) is 11.6 Å². The summed E-state index contributed by atoms with van der Waals surface area (Å²) >= 11 is 5.29. The van der Waals surface area contributed by atoms with Gasteiger partial charge in [-0.3, -0.25) is 4.98 Å². The Morgan fingerprint density at radius 2 is 1.95 bits per heavy atom. The minimum atomic E-state index is -4.72. The van der Waals surface area contributed by atoms with Crippen molar-refractivity contribution in [3.05, 3.63) is 24.3 Å². The average Bonchev–Trinajstić information content (AvgIpc) is 2.26. The summed E-state index contributed by atoms with van der Waals surface area (Å²) in [6.45, 7) is -2.24. The molecule has 4 nitrogen and oxygen atoms in total. The topological polar surface area (TPSA) is 50.3 Å². The van der Waals surface area contributed by atoms with Gasteiger partial charge in [0.2, 0.25) is 10.0 Å². The molecule has 19 heavy (non-hydrogen) atoms. The lowest BCUT2D eigenvalue weighted by Gasteiger charge is -2.22. The molecule has 0 aliphatic heterocycles. The van der Waals surface area contributed by atoms with E-state index in [0.29, 0.717) is 6.07 Å². The summed E-state index contributed by atoms with van der Waals surface area (Å²) in [4.78, 5) is 2.64. The molecule has 108 valence electrons. The lowest BCUT2D eigenvalue weighted by atomic mass is 10.5. The van der Waals surface area contributed by atoms with Crippen molar-refractivity contribution in [2.75, 3.05) is 19.0 Å². The predicted molar refractivity (Wildman–Crippen MR) is 59.7 cm³/mol. The summed E-state index contributed by atoms with van der Waals surface area (Å²) in [6.07, 6.45) is -3.20. The van der Waals surface area contributed by atoms with Gasteiger partial charge in [0.05, 0.1) is 6.20 Å². The van der Waals surface area contributed by atoms with Gasteiger partial charge >= 0.3 is 6.18 Å². The van der Waals surface area contributed by atoms with Gasteiger partial charge in [-0.25, -0.2) is 12.8 Å². The van der Waals surface area contributed by atoms with Crippen LogP contribution in [0.15, 0.2) is 23.4 Å². The van der Waals surface area contributed by atoms with E-state index in [2.05, 4.69) is 4.98 Å². The van der Waals surface area contributed by atoms with Crippen LogP contribution in [0, 0.1) is 5.82 Å². The molecule has 0 aliphatic rings. The van der Waals surface area contributed by atoms with E-state index >= 15 is 0 Å². The van der Waals surface area contributed by atoms with Crippen LogP contribution in [-0.4, -0.2) is 42.9 Å². The second-order valence-electron chi connectivity index (χ2n) is 3.48. The maximum absolute atomic E-state index is 12.9. The number of rotatable bonds is 5. The molecule has 0 amide bonds. The van der Waals surface area contributed by atoms with Crippen LogP contribution in [0.2, 0.25) is 0 Å². The molecule has 0 fully saturated rings. The molecule has 0 aliphatic carbocycles. The average molecular weight is 321 g/mol. The van der Waals surface area contributed by atoms with Gasteiger partial charge in [-0.2, -0.15) is 17.5 Å². The van der Waals surface area contributed by atoms with E-state index in [1.165, 1.54) is 0 Å². The maximum atomic E-state index is 12.9. The van der Waals surface area contributed by atoms with Gasteiger partial charge in [0.1, 0.15) is 17.3 Å². The second kappa shape index (κ2) is 6.02. The molecule has 0 saturated heterocycles. The molecule has 0 bridgehead atoms. The van der Waals surface area contributed by atoms with Crippen molar-refractivity contribution in [3.8, 4) is 0 Å². The summed E-state index contributed by atoms with van der Waals surface area (Å²) in [5.41, 5.74) is 0. The Hall–Kier alpha value is -0.930. The Morgan fingerprint density at radius 1 is 1.32 bits per heavy atom. The van der Waals surface area contributed by atoms with Crippen LogP contribution in [0.25, 0.3) is 0 Å². The Balaban J connectivity index is 3.13. The van der Waals surface area contributed by atoms with E-state index in [-0.39, 0.29) is 10.2 Å². The van der Waals surface area contributed by atoms with Crippen molar-refractivity contribution in [1.29, 1.82) is 0 Å². The number of halogens is 5. The van der Waals surface area contributed by atoms with Gasteiger partial charge in [0.15, 0.2) is 0 Å². The molecule has 0 N–H and O–H groups in total. The van der Waals surface area contributed by atoms with Crippen LogP contribution < -0.4 is 0 Å². The molecule has 1 aromatic heterocycles. The lowest BCUT2D eigenvalue weighted by Crippen LogP contribution is -2.40. The first-order valence-corrected chi connectivity index (χ1v) is 6.87. The van der Waals surface area contributed by atoms with Gasteiger partial charge in [-0.1, -0.05) is 0 Å². The molecule has 0 spiro atoms. The Labute approximate surface area is 112 Å². The highest BCUT2D eigenvalue weighted by molar-refractivity contribution is 7.89. The third-order valence-corrected chi connectivity index (χ3v) is 3.99. The minimum absolute atomic E-state index is 0.135. The largest absolute Gasteiger partial charge is 0.402 e. The monoisotopic (exact) mass is 320 g/mol.